The molecular weight excluding hydrogens is 389 g/mol. The predicted molar refractivity (Wildman–Crippen MR) is 100.0 cm³/mol. The maximum Gasteiger partial charge on any atom is 0.432 e. The van der Waals surface area contributed by atoms with E-state index in [0.717, 1.165) is 13.5 Å². The van der Waals surface area contributed by atoms with Crippen LogP contribution in [0.1, 0.15) is 39.7 Å². The van der Waals surface area contributed by atoms with Gasteiger partial charge in [-0.15, -0.1) is 0 Å². The van der Waals surface area contributed by atoms with Crippen LogP contribution in [0.4, 0.5) is 13.2 Å². The first-order valence-corrected chi connectivity index (χ1v) is 9.65. The largest absolute Gasteiger partial charge is 0.463 e. The molecule has 0 amide bonds. The predicted octanol–water partition coefficient (Wildman–Crippen LogP) is 4.45. The Bertz CT molecular complexity index is 677. The number of methoxy groups -OCH3 is 1. The van der Waals surface area contributed by atoms with Crippen LogP contribution in [0.2, 0.25) is 0 Å². The first-order chi connectivity index (χ1) is 13.5. The standard InChI is InChI=1S/C21H29F3O5/c1-6-14(2)17-15(13-28-19(3,4)29-17)12-27-18(25)20(26-5,21(22,23)24)16-10-8-7-9-11-16/h7-11,14-15,17H,6,12-13H2,1-5H3/t14-,15-,17+,20-/m0/s1. The van der Waals surface area contributed by atoms with Crippen molar-refractivity contribution in [3.63, 3.8) is 0 Å². The van der Waals surface area contributed by atoms with Gasteiger partial charge in [0.25, 0.3) is 5.60 Å². The highest BCUT2D eigenvalue weighted by Crippen LogP contribution is 2.43. The van der Waals surface area contributed by atoms with Crippen LogP contribution in [-0.2, 0) is 29.3 Å². The molecule has 2 rings (SSSR count). The molecule has 0 N–H and O–H groups in total. The van der Waals surface area contributed by atoms with Crippen LogP contribution in [-0.4, -0.2) is 44.4 Å². The van der Waals surface area contributed by atoms with Crippen LogP contribution in [0, 0.1) is 11.8 Å². The van der Waals surface area contributed by atoms with Crippen molar-refractivity contribution < 1.29 is 36.9 Å². The lowest BCUT2D eigenvalue weighted by molar-refractivity contribution is -0.308. The van der Waals surface area contributed by atoms with Crippen LogP contribution < -0.4 is 0 Å². The molecule has 29 heavy (non-hydrogen) atoms. The molecule has 5 nitrogen and oxygen atoms in total. The first kappa shape index (κ1) is 23.6. The average Bonchev–Trinajstić information content (AvgIpc) is 2.66. The summed E-state index contributed by atoms with van der Waals surface area (Å²) in [5.41, 5.74) is -3.54. The molecule has 0 unspecified atom stereocenters. The molecule has 1 aromatic rings. The lowest BCUT2D eigenvalue weighted by Crippen LogP contribution is -2.53. The number of ether oxygens (including phenoxy) is 4. The van der Waals surface area contributed by atoms with Gasteiger partial charge in [-0.25, -0.2) is 4.79 Å². The zero-order valence-electron chi connectivity index (χ0n) is 17.4. The second-order valence-electron chi connectivity index (χ2n) is 7.79. The highest BCUT2D eigenvalue weighted by Gasteiger charge is 2.64. The number of carbonyl (C=O) groups excluding carboxylic acids is 1. The lowest BCUT2D eigenvalue weighted by atomic mass is 9.89. The molecule has 4 atom stereocenters. The van der Waals surface area contributed by atoms with Crippen molar-refractivity contribution in [1.82, 2.24) is 0 Å². The molecule has 164 valence electrons. The van der Waals surface area contributed by atoms with Crippen molar-refractivity contribution in [2.45, 2.75) is 57.8 Å². The van der Waals surface area contributed by atoms with Gasteiger partial charge in [0.15, 0.2) is 5.79 Å². The van der Waals surface area contributed by atoms with E-state index >= 15 is 0 Å². The molecule has 0 aliphatic carbocycles. The molecule has 8 heteroatoms. The lowest BCUT2D eigenvalue weighted by Gasteiger charge is -2.43. The Hall–Kier alpha value is -1.64. The molecular formula is C21H29F3O5. The van der Waals surface area contributed by atoms with Gasteiger partial charge in [0.1, 0.15) is 0 Å². The minimum Gasteiger partial charge on any atom is -0.463 e. The van der Waals surface area contributed by atoms with Crippen LogP contribution in [0.25, 0.3) is 0 Å². The zero-order chi connectivity index (χ0) is 21.9. The second-order valence-corrected chi connectivity index (χ2v) is 7.79. The third kappa shape index (κ3) is 4.92. The topological polar surface area (TPSA) is 54.0 Å². The van der Waals surface area contributed by atoms with E-state index in [0.29, 0.717) is 0 Å². The molecule has 1 aromatic carbocycles. The van der Waals surface area contributed by atoms with Crippen molar-refractivity contribution in [2.75, 3.05) is 20.3 Å². The number of esters is 1. The molecule has 1 fully saturated rings. The van der Waals surface area contributed by atoms with Gasteiger partial charge in [0.2, 0.25) is 0 Å². The van der Waals surface area contributed by atoms with E-state index < -0.39 is 23.5 Å². The Morgan fingerprint density at radius 3 is 2.41 bits per heavy atom. The van der Waals surface area contributed by atoms with E-state index in [4.69, 9.17) is 18.9 Å². The van der Waals surface area contributed by atoms with Crippen LogP contribution in [0.15, 0.2) is 30.3 Å². The van der Waals surface area contributed by atoms with E-state index in [1.165, 1.54) is 24.3 Å². The fourth-order valence-corrected chi connectivity index (χ4v) is 3.49. The van der Waals surface area contributed by atoms with Gasteiger partial charge < -0.3 is 18.9 Å². The van der Waals surface area contributed by atoms with Crippen LogP contribution >= 0.6 is 0 Å². The zero-order valence-corrected chi connectivity index (χ0v) is 17.4. The SMILES string of the molecule is CC[C@H](C)[C@H]1OC(C)(C)OC[C@@H]1COC(=O)[C@@](OC)(c1ccccc1)C(F)(F)F. The average molecular weight is 418 g/mol. The molecule has 1 aliphatic heterocycles. The van der Waals surface area contributed by atoms with Gasteiger partial charge in [-0.05, 0) is 19.8 Å². The summed E-state index contributed by atoms with van der Waals surface area (Å²) in [6.45, 7) is 7.48. The van der Waals surface area contributed by atoms with Crippen LogP contribution in [0.3, 0.4) is 0 Å². The highest BCUT2D eigenvalue weighted by atomic mass is 19.4. The fourth-order valence-electron chi connectivity index (χ4n) is 3.49. The second kappa shape index (κ2) is 9.02. The van der Waals surface area contributed by atoms with Gasteiger partial charge in [-0.1, -0.05) is 50.6 Å². The third-order valence-electron chi connectivity index (χ3n) is 5.34. The highest BCUT2D eigenvalue weighted by molar-refractivity contribution is 5.82. The minimum absolute atomic E-state index is 0.116. The smallest absolute Gasteiger partial charge is 0.432 e. The minimum atomic E-state index is -5.00. The van der Waals surface area contributed by atoms with E-state index in [1.54, 1.807) is 19.9 Å². The number of hydrogen-bond donors (Lipinski definition) is 0. The third-order valence-corrected chi connectivity index (χ3v) is 5.34. The molecule has 0 spiro atoms. The van der Waals surface area contributed by atoms with Crippen LogP contribution in [0.5, 0.6) is 0 Å². The molecule has 1 saturated heterocycles. The normalized spacial score (nSPS) is 25.1. The van der Waals surface area contributed by atoms with Crippen molar-refractivity contribution in [1.29, 1.82) is 0 Å². The summed E-state index contributed by atoms with van der Waals surface area (Å²) in [5.74, 6) is -2.58. The molecule has 0 saturated carbocycles. The van der Waals surface area contributed by atoms with Crippen molar-refractivity contribution >= 4 is 5.97 Å². The quantitative estimate of drug-likeness (QED) is 0.613. The Morgan fingerprint density at radius 2 is 1.90 bits per heavy atom. The summed E-state index contributed by atoms with van der Waals surface area (Å²) in [4.78, 5) is 12.7. The first-order valence-electron chi connectivity index (χ1n) is 9.65. The van der Waals surface area contributed by atoms with Gasteiger partial charge in [-0.2, -0.15) is 13.2 Å². The molecule has 0 aromatic heterocycles. The fraction of sp³-hybridized carbons (Fsp3) is 0.667. The van der Waals surface area contributed by atoms with Crippen molar-refractivity contribution in [2.24, 2.45) is 11.8 Å². The monoisotopic (exact) mass is 418 g/mol. The van der Waals surface area contributed by atoms with Gasteiger partial charge in [-0.3, -0.25) is 0 Å². The summed E-state index contributed by atoms with van der Waals surface area (Å²) >= 11 is 0. The number of benzene rings is 1. The van der Waals surface area contributed by atoms with Crippen molar-refractivity contribution in [3.05, 3.63) is 35.9 Å². The van der Waals surface area contributed by atoms with E-state index in [1.807, 2.05) is 13.8 Å². The van der Waals surface area contributed by atoms with E-state index in [-0.39, 0.29) is 36.7 Å². The molecule has 1 heterocycles. The molecule has 0 bridgehead atoms. The van der Waals surface area contributed by atoms with Crippen molar-refractivity contribution in [3.8, 4) is 0 Å². The summed E-state index contributed by atoms with van der Waals surface area (Å²) < 4.78 is 63.4. The van der Waals surface area contributed by atoms with Gasteiger partial charge >= 0.3 is 12.1 Å². The summed E-state index contributed by atoms with van der Waals surface area (Å²) in [6.07, 6.45) is -4.51. The molecule has 0 radical (unpaired) electrons. The number of halogens is 3. The maximum absolute atomic E-state index is 14.0. The summed E-state index contributed by atoms with van der Waals surface area (Å²) in [6, 6.07) is 6.75. The number of carbonyl (C=O) groups is 1. The molecule has 1 aliphatic rings. The van der Waals surface area contributed by atoms with E-state index in [2.05, 4.69) is 0 Å². The summed E-state index contributed by atoms with van der Waals surface area (Å²) in [5, 5.41) is 0. The number of alkyl halides is 3. The Balaban J connectivity index is 2.24. The Kier molecular flexibility index (Phi) is 7.35. The summed E-state index contributed by atoms with van der Waals surface area (Å²) in [7, 11) is 0.846. The Morgan fingerprint density at radius 1 is 1.28 bits per heavy atom. The number of hydrogen-bond acceptors (Lipinski definition) is 5. The van der Waals surface area contributed by atoms with E-state index in [9.17, 15) is 18.0 Å². The van der Waals surface area contributed by atoms with Gasteiger partial charge in [0.05, 0.1) is 19.3 Å². The Labute approximate surface area is 169 Å². The number of rotatable bonds is 7. The maximum atomic E-state index is 14.0. The van der Waals surface area contributed by atoms with Gasteiger partial charge in [0, 0.05) is 18.6 Å².